The Labute approximate surface area is 166 Å². The number of carbonyl (C=O) groups excluding carboxylic acids is 1. The summed E-state index contributed by atoms with van der Waals surface area (Å²) in [6.45, 7) is 9.75. The van der Waals surface area contributed by atoms with Crippen LogP contribution in [0.15, 0.2) is 24.3 Å². The first-order valence-corrected chi connectivity index (χ1v) is 10.1. The fourth-order valence-corrected chi connectivity index (χ4v) is 3.47. The molecule has 0 spiro atoms. The molecule has 1 N–H and O–H groups in total. The summed E-state index contributed by atoms with van der Waals surface area (Å²) >= 11 is 0. The molecule has 1 saturated carbocycles. The predicted molar refractivity (Wildman–Crippen MR) is 111 cm³/mol. The normalized spacial score (nSPS) is 20.4. The lowest BCUT2D eigenvalue weighted by Crippen LogP contribution is -2.55. The molecule has 1 atom stereocenters. The van der Waals surface area contributed by atoms with E-state index >= 15 is 0 Å². The van der Waals surface area contributed by atoms with Crippen molar-refractivity contribution in [3.05, 3.63) is 24.3 Å². The summed E-state index contributed by atoms with van der Waals surface area (Å²) in [4.78, 5) is 26.3. The Morgan fingerprint density at radius 2 is 1.82 bits per heavy atom. The van der Waals surface area contributed by atoms with E-state index < -0.39 is 5.60 Å². The van der Waals surface area contributed by atoms with Crippen LogP contribution in [0.4, 0.5) is 16.4 Å². The Bertz CT molecular complexity index is 875. The second kappa shape index (κ2) is 7.11. The first-order chi connectivity index (χ1) is 13.3. The zero-order chi connectivity index (χ0) is 19.9. The van der Waals surface area contributed by atoms with E-state index in [0.717, 1.165) is 22.7 Å². The molecular formula is C21H29N5O2. The van der Waals surface area contributed by atoms with Crippen LogP contribution in [-0.2, 0) is 4.74 Å². The van der Waals surface area contributed by atoms with Crippen LogP contribution in [0.1, 0.15) is 40.5 Å². The topological polar surface area (TPSA) is 70.6 Å². The van der Waals surface area contributed by atoms with Gasteiger partial charge in [0.05, 0.1) is 11.0 Å². The third-order valence-corrected chi connectivity index (χ3v) is 5.03. The standard InChI is InChI=1S/C21H29N5O2/c1-14-13-25(11-12-26(14)20(27)28-21(2,3)4)19-18(22-15-9-10-15)23-16-7-5-6-8-17(16)24-19/h5-8,14-15H,9-13H2,1-4H3,(H,22,23)/t14-/m0/s1. The van der Waals surface area contributed by atoms with Gasteiger partial charge in [-0.25, -0.2) is 14.8 Å². The van der Waals surface area contributed by atoms with Gasteiger partial charge in [0.25, 0.3) is 0 Å². The van der Waals surface area contributed by atoms with Gasteiger partial charge in [-0.2, -0.15) is 0 Å². The fraction of sp³-hybridized carbons (Fsp3) is 0.571. The van der Waals surface area contributed by atoms with E-state index in [1.54, 1.807) is 0 Å². The number of hydrogen-bond acceptors (Lipinski definition) is 6. The predicted octanol–water partition coefficient (Wildman–Crippen LogP) is 3.65. The van der Waals surface area contributed by atoms with Gasteiger partial charge < -0.3 is 19.9 Å². The summed E-state index contributed by atoms with van der Waals surface area (Å²) in [5.41, 5.74) is 1.30. The average Bonchev–Trinajstić information content (AvgIpc) is 3.43. The minimum absolute atomic E-state index is 0.0330. The molecule has 2 heterocycles. The second-order valence-corrected chi connectivity index (χ2v) is 8.77. The van der Waals surface area contributed by atoms with E-state index in [9.17, 15) is 4.79 Å². The molecule has 1 aromatic heterocycles. The molecule has 1 aromatic carbocycles. The van der Waals surface area contributed by atoms with Crippen molar-refractivity contribution in [2.45, 2.75) is 58.2 Å². The first-order valence-electron chi connectivity index (χ1n) is 10.1. The van der Waals surface area contributed by atoms with Crippen molar-refractivity contribution in [1.82, 2.24) is 14.9 Å². The van der Waals surface area contributed by atoms with Crippen LogP contribution in [0.2, 0.25) is 0 Å². The molecule has 7 heteroatoms. The number of benzene rings is 1. The number of hydrogen-bond donors (Lipinski definition) is 1. The summed E-state index contributed by atoms with van der Waals surface area (Å²) in [7, 11) is 0. The number of piperazine rings is 1. The summed E-state index contributed by atoms with van der Waals surface area (Å²) in [5.74, 6) is 1.72. The SMILES string of the molecule is C[C@H]1CN(c2nc3ccccc3nc2NC2CC2)CCN1C(=O)OC(C)(C)C. The number of fused-ring (bicyclic) bond motifs is 1. The van der Waals surface area contributed by atoms with Gasteiger partial charge in [0.15, 0.2) is 11.6 Å². The van der Waals surface area contributed by atoms with E-state index in [4.69, 9.17) is 14.7 Å². The highest BCUT2D eigenvalue weighted by atomic mass is 16.6. The van der Waals surface area contributed by atoms with E-state index in [2.05, 4.69) is 17.1 Å². The van der Waals surface area contributed by atoms with Crippen LogP contribution in [-0.4, -0.2) is 58.3 Å². The van der Waals surface area contributed by atoms with Gasteiger partial charge in [-0.15, -0.1) is 0 Å². The number of rotatable bonds is 3. The van der Waals surface area contributed by atoms with Crippen molar-refractivity contribution < 1.29 is 9.53 Å². The van der Waals surface area contributed by atoms with Crippen LogP contribution in [0.5, 0.6) is 0 Å². The maximum absolute atomic E-state index is 12.5. The molecule has 7 nitrogen and oxygen atoms in total. The molecule has 1 saturated heterocycles. The smallest absolute Gasteiger partial charge is 0.410 e. The summed E-state index contributed by atoms with van der Waals surface area (Å²) in [5, 5.41) is 3.53. The van der Waals surface area contributed by atoms with Gasteiger partial charge >= 0.3 is 6.09 Å². The second-order valence-electron chi connectivity index (χ2n) is 8.77. The molecule has 0 unspecified atom stereocenters. The molecule has 1 amide bonds. The molecule has 1 aliphatic carbocycles. The molecule has 28 heavy (non-hydrogen) atoms. The maximum atomic E-state index is 12.5. The third kappa shape index (κ3) is 4.13. The third-order valence-electron chi connectivity index (χ3n) is 5.03. The highest BCUT2D eigenvalue weighted by molar-refractivity contribution is 5.81. The first kappa shape index (κ1) is 18.8. The fourth-order valence-electron chi connectivity index (χ4n) is 3.47. The lowest BCUT2D eigenvalue weighted by Gasteiger charge is -2.41. The lowest BCUT2D eigenvalue weighted by atomic mass is 10.2. The van der Waals surface area contributed by atoms with Crippen LogP contribution >= 0.6 is 0 Å². The number of nitrogens with zero attached hydrogens (tertiary/aromatic N) is 4. The van der Waals surface area contributed by atoms with Crippen LogP contribution < -0.4 is 10.2 Å². The lowest BCUT2D eigenvalue weighted by molar-refractivity contribution is 0.0158. The van der Waals surface area contributed by atoms with Gasteiger partial charge in [-0.3, -0.25) is 0 Å². The molecular weight excluding hydrogens is 354 g/mol. The number of ether oxygens (including phenoxy) is 1. The van der Waals surface area contributed by atoms with Crippen molar-refractivity contribution in [3.63, 3.8) is 0 Å². The number of aromatic nitrogens is 2. The maximum Gasteiger partial charge on any atom is 0.410 e. The average molecular weight is 383 g/mol. The molecule has 2 aliphatic rings. The van der Waals surface area contributed by atoms with E-state index in [1.165, 1.54) is 12.8 Å². The van der Waals surface area contributed by atoms with Crippen molar-refractivity contribution in [2.75, 3.05) is 29.9 Å². The van der Waals surface area contributed by atoms with Crippen molar-refractivity contribution >= 4 is 28.8 Å². The van der Waals surface area contributed by atoms with Crippen molar-refractivity contribution in [1.29, 1.82) is 0 Å². The Morgan fingerprint density at radius 1 is 1.14 bits per heavy atom. The number of amides is 1. The van der Waals surface area contributed by atoms with Crippen LogP contribution in [0.3, 0.4) is 0 Å². The van der Waals surface area contributed by atoms with E-state index in [-0.39, 0.29) is 12.1 Å². The largest absolute Gasteiger partial charge is 0.444 e. The minimum Gasteiger partial charge on any atom is -0.444 e. The minimum atomic E-state index is -0.487. The van der Waals surface area contributed by atoms with Crippen molar-refractivity contribution in [2.24, 2.45) is 0 Å². The van der Waals surface area contributed by atoms with Crippen LogP contribution in [0.25, 0.3) is 11.0 Å². The Balaban J connectivity index is 1.56. The van der Waals surface area contributed by atoms with Gasteiger partial charge in [-0.05, 0) is 52.7 Å². The molecule has 4 rings (SSSR count). The monoisotopic (exact) mass is 383 g/mol. The van der Waals surface area contributed by atoms with E-state index in [1.807, 2.05) is 49.9 Å². The quantitative estimate of drug-likeness (QED) is 0.872. The van der Waals surface area contributed by atoms with Crippen molar-refractivity contribution in [3.8, 4) is 0 Å². The highest BCUT2D eigenvalue weighted by Crippen LogP contribution is 2.32. The van der Waals surface area contributed by atoms with Crippen LogP contribution in [0, 0.1) is 0 Å². The summed E-state index contributed by atoms with van der Waals surface area (Å²) < 4.78 is 5.56. The Hall–Kier alpha value is -2.57. The molecule has 0 radical (unpaired) electrons. The molecule has 1 aliphatic heterocycles. The summed E-state index contributed by atoms with van der Waals surface area (Å²) in [6.07, 6.45) is 2.11. The van der Waals surface area contributed by atoms with Gasteiger partial charge in [0.2, 0.25) is 0 Å². The molecule has 0 bridgehead atoms. The molecule has 2 aromatic rings. The van der Waals surface area contributed by atoms with Gasteiger partial charge in [0.1, 0.15) is 5.60 Å². The summed E-state index contributed by atoms with van der Waals surface area (Å²) in [6, 6.07) is 8.48. The molecule has 2 fully saturated rings. The zero-order valence-electron chi connectivity index (χ0n) is 17.1. The number of carbonyl (C=O) groups is 1. The Morgan fingerprint density at radius 3 is 2.43 bits per heavy atom. The van der Waals surface area contributed by atoms with Gasteiger partial charge in [-0.1, -0.05) is 12.1 Å². The zero-order valence-corrected chi connectivity index (χ0v) is 17.1. The van der Waals surface area contributed by atoms with Gasteiger partial charge in [0, 0.05) is 31.7 Å². The van der Waals surface area contributed by atoms with E-state index in [0.29, 0.717) is 25.7 Å². The highest BCUT2D eigenvalue weighted by Gasteiger charge is 2.33. The number of nitrogens with one attached hydrogen (secondary N) is 1. The Kier molecular flexibility index (Phi) is 4.77. The number of para-hydroxylation sites is 2. The number of anilines is 2. The molecule has 150 valence electrons.